The standard InChI is InChI=1S/C35H36Cl3N3O4S/c1-23(2)39-35(43)33(20-26-9-6-5-7-10-26)40(21-30-31(37)11-8-12-32(30)38)34(42)22-41(28-16-13-24(3)25(4)19-28)46(44,45)29-17-14-27(36)15-18-29/h5-19,23,33H,20-22H2,1-4H3,(H,39,43)/t33-/m1/s1. The molecule has 0 aliphatic rings. The summed E-state index contributed by atoms with van der Waals surface area (Å²) in [5.74, 6) is -1.01. The van der Waals surface area contributed by atoms with Crippen LogP contribution in [0.1, 0.15) is 36.1 Å². The van der Waals surface area contributed by atoms with Gasteiger partial charge >= 0.3 is 0 Å². The maximum absolute atomic E-state index is 14.6. The van der Waals surface area contributed by atoms with Gasteiger partial charge in [-0.1, -0.05) is 77.3 Å². The molecule has 0 aromatic heterocycles. The minimum absolute atomic E-state index is 0.0398. The lowest BCUT2D eigenvalue weighted by Gasteiger charge is -2.34. The summed E-state index contributed by atoms with van der Waals surface area (Å²) in [4.78, 5) is 29.8. The molecule has 0 heterocycles. The van der Waals surface area contributed by atoms with E-state index in [1.807, 2.05) is 58.0 Å². The van der Waals surface area contributed by atoms with Gasteiger partial charge in [-0.15, -0.1) is 0 Å². The van der Waals surface area contributed by atoms with Crippen molar-refractivity contribution >= 4 is 62.3 Å². The molecule has 0 aliphatic carbocycles. The van der Waals surface area contributed by atoms with Crippen LogP contribution in [0.3, 0.4) is 0 Å². The van der Waals surface area contributed by atoms with Gasteiger partial charge in [-0.2, -0.15) is 0 Å². The molecule has 0 fully saturated rings. The number of carbonyl (C=O) groups is 2. The van der Waals surface area contributed by atoms with E-state index in [9.17, 15) is 18.0 Å². The predicted octanol–water partition coefficient (Wildman–Crippen LogP) is 7.62. The van der Waals surface area contributed by atoms with Gasteiger partial charge in [0.05, 0.1) is 10.6 Å². The topological polar surface area (TPSA) is 86.8 Å². The van der Waals surface area contributed by atoms with Crippen molar-refractivity contribution in [1.82, 2.24) is 10.2 Å². The molecule has 0 unspecified atom stereocenters. The Kier molecular flexibility index (Phi) is 11.8. The smallest absolute Gasteiger partial charge is 0.264 e. The van der Waals surface area contributed by atoms with Crippen LogP contribution in [0.2, 0.25) is 15.1 Å². The molecule has 7 nitrogen and oxygen atoms in total. The maximum atomic E-state index is 14.6. The molecule has 4 aromatic carbocycles. The summed E-state index contributed by atoms with van der Waals surface area (Å²) in [7, 11) is -4.27. The number of hydrogen-bond donors (Lipinski definition) is 1. The second kappa shape index (κ2) is 15.4. The van der Waals surface area contributed by atoms with Crippen LogP contribution >= 0.6 is 34.8 Å². The molecule has 0 aliphatic heterocycles. The lowest BCUT2D eigenvalue weighted by Crippen LogP contribution is -2.54. The first kappa shape index (κ1) is 35.3. The minimum atomic E-state index is -4.27. The van der Waals surface area contributed by atoms with Crippen molar-refractivity contribution in [3.8, 4) is 0 Å². The van der Waals surface area contributed by atoms with Gasteiger partial charge in [0.15, 0.2) is 0 Å². The van der Waals surface area contributed by atoms with E-state index in [0.29, 0.717) is 26.3 Å². The SMILES string of the molecule is Cc1ccc(N(CC(=O)N(Cc2c(Cl)cccc2Cl)[C@H](Cc2ccccc2)C(=O)NC(C)C)S(=O)(=O)c2ccc(Cl)cc2)cc1C. The van der Waals surface area contributed by atoms with Crippen LogP contribution in [0.4, 0.5) is 5.69 Å². The highest BCUT2D eigenvalue weighted by atomic mass is 35.5. The summed E-state index contributed by atoms with van der Waals surface area (Å²) in [6, 6.07) is 24.0. The molecule has 0 bridgehead atoms. The molecule has 242 valence electrons. The van der Waals surface area contributed by atoms with Crippen molar-refractivity contribution in [2.75, 3.05) is 10.8 Å². The van der Waals surface area contributed by atoms with Gasteiger partial charge < -0.3 is 10.2 Å². The fourth-order valence-corrected chi connectivity index (χ4v) is 6.98. The molecule has 0 saturated heterocycles. The summed E-state index contributed by atoms with van der Waals surface area (Å²) < 4.78 is 29.5. The van der Waals surface area contributed by atoms with Gasteiger partial charge in [-0.3, -0.25) is 13.9 Å². The average Bonchev–Trinajstić information content (AvgIpc) is 3.00. The quantitative estimate of drug-likeness (QED) is 0.165. The summed E-state index contributed by atoms with van der Waals surface area (Å²) in [6.45, 7) is 6.70. The second-order valence-electron chi connectivity index (χ2n) is 11.3. The van der Waals surface area contributed by atoms with Crippen LogP contribution in [0, 0.1) is 13.8 Å². The first-order chi connectivity index (χ1) is 21.8. The van der Waals surface area contributed by atoms with Crippen LogP contribution in [-0.4, -0.2) is 43.8 Å². The number of nitrogens with one attached hydrogen (secondary N) is 1. The summed E-state index contributed by atoms with van der Waals surface area (Å²) in [6.07, 6.45) is 0.167. The van der Waals surface area contributed by atoms with Gasteiger partial charge in [-0.25, -0.2) is 8.42 Å². The van der Waals surface area contributed by atoms with E-state index in [1.54, 1.807) is 36.4 Å². The third kappa shape index (κ3) is 8.62. The molecule has 11 heteroatoms. The number of rotatable bonds is 12. The highest BCUT2D eigenvalue weighted by Crippen LogP contribution is 2.30. The Morgan fingerprint density at radius 3 is 2.02 bits per heavy atom. The van der Waals surface area contributed by atoms with Gasteiger partial charge in [0.25, 0.3) is 10.0 Å². The summed E-state index contributed by atoms with van der Waals surface area (Å²) in [5.41, 5.74) is 3.36. The zero-order chi connectivity index (χ0) is 33.6. The van der Waals surface area contributed by atoms with Crippen LogP contribution in [0.15, 0.2) is 95.9 Å². The highest BCUT2D eigenvalue weighted by molar-refractivity contribution is 7.92. The summed E-state index contributed by atoms with van der Waals surface area (Å²) in [5, 5.41) is 3.93. The third-order valence-electron chi connectivity index (χ3n) is 7.55. The van der Waals surface area contributed by atoms with E-state index in [-0.39, 0.29) is 23.9 Å². The van der Waals surface area contributed by atoms with E-state index >= 15 is 0 Å². The van der Waals surface area contributed by atoms with Gasteiger partial charge in [0, 0.05) is 39.6 Å². The number of amides is 2. The average molecular weight is 701 g/mol. The highest BCUT2D eigenvalue weighted by Gasteiger charge is 2.35. The molecule has 2 amide bonds. The second-order valence-corrected chi connectivity index (χ2v) is 14.4. The number of halogens is 3. The number of carbonyl (C=O) groups excluding carboxylic acids is 2. The van der Waals surface area contributed by atoms with E-state index in [2.05, 4.69) is 5.32 Å². The van der Waals surface area contributed by atoms with Crippen LogP contribution in [0.25, 0.3) is 0 Å². The number of aryl methyl sites for hydroxylation is 2. The first-order valence-electron chi connectivity index (χ1n) is 14.7. The van der Waals surface area contributed by atoms with Crippen molar-refractivity contribution in [2.24, 2.45) is 0 Å². The number of sulfonamides is 1. The van der Waals surface area contributed by atoms with E-state index < -0.39 is 34.4 Å². The molecule has 4 rings (SSSR count). The number of anilines is 1. The molecular formula is C35H36Cl3N3O4S. The van der Waals surface area contributed by atoms with Crippen LogP contribution in [-0.2, 0) is 32.6 Å². The van der Waals surface area contributed by atoms with Crippen molar-refractivity contribution in [3.63, 3.8) is 0 Å². The minimum Gasteiger partial charge on any atom is -0.352 e. The van der Waals surface area contributed by atoms with Crippen molar-refractivity contribution < 1.29 is 18.0 Å². The molecule has 1 atom stereocenters. The van der Waals surface area contributed by atoms with Crippen LogP contribution in [0.5, 0.6) is 0 Å². The van der Waals surface area contributed by atoms with Gasteiger partial charge in [0.2, 0.25) is 11.8 Å². The Hall–Kier alpha value is -3.56. The number of hydrogen-bond acceptors (Lipinski definition) is 4. The van der Waals surface area contributed by atoms with Gasteiger partial charge in [0.1, 0.15) is 12.6 Å². The largest absolute Gasteiger partial charge is 0.352 e. The van der Waals surface area contributed by atoms with E-state index in [0.717, 1.165) is 21.0 Å². The Morgan fingerprint density at radius 2 is 1.43 bits per heavy atom. The molecule has 1 N–H and O–H groups in total. The number of nitrogens with zero attached hydrogens (tertiary/aromatic N) is 2. The fraction of sp³-hybridized carbons (Fsp3) is 0.257. The lowest BCUT2D eigenvalue weighted by atomic mass is 10.0. The van der Waals surface area contributed by atoms with E-state index in [4.69, 9.17) is 34.8 Å². The molecule has 0 spiro atoms. The fourth-order valence-electron chi connectivity index (χ4n) is 4.93. The molecule has 0 saturated carbocycles. The Morgan fingerprint density at radius 1 is 0.804 bits per heavy atom. The summed E-state index contributed by atoms with van der Waals surface area (Å²) >= 11 is 19.2. The van der Waals surface area contributed by atoms with Gasteiger partial charge in [-0.05, 0) is 92.9 Å². The zero-order valence-corrected chi connectivity index (χ0v) is 29.1. The van der Waals surface area contributed by atoms with Crippen molar-refractivity contribution in [3.05, 3.63) is 128 Å². The van der Waals surface area contributed by atoms with Crippen LogP contribution < -0.4 is 9.62 Å². The molecule has 4 aromatic rings. The Balaban J connectivity index is 1.86. The molecule has 0 radical (unpaired) electrons. The Bertz CT molecular complexity index is 1780. The van der Waals surface area contributed by atoms with E-state index in [1.165, 1.54) is 29.2 Å². The predicted molar refractivity (Wildman–Crippen MR) is 186 cm³/mol. The van der Waals surface area contributed by atoms with Crippen molar-refractivity contribution in [2.45, 2.75) is 57.6 Å². The Labute approximate surface area is 286 Å². The maximum Gasteiger partial charge on any atom is 0.264 e. The monoisotopic (exact) mass is 699 g/mol. The van der Waals surface area contributed by atoms with Crippen molar-refractivity contribution in [1.29, 1.82) is 0 Å². The molecule has 46 heavy (non-hydrogen) atoms. The normalized spacial score (nSPS) is 12.1. The molecular weight excluding hydrogens is 665 g/mol. The first-order valence-corrected chi connectivity index (χ1v) is 17.3. The third-order valence-corrected chi connectivity index (χ3v) is 10.3. The lowest BCUT2D eigenvalue weighted by molar-refractivity contribution is -0.140. The number of benzene rings is 4. The zero-order valence-electron chi connectivity index (χ0n) is 26.0.